The summed E-state index contributed by atoms with van der Waals surface area (Å²) >= 11 is 6.60. The van der Waals surface area contributed by atoms with Crippen molar-refractivity contribution in [2.24, 2.45) is 0 Å². The van der Waals surface area contributed by atoms with Gasteiger partial charge in [-0.3, -0.25) is 0 Å². The highest BCUT2D eigenvalue weighted by Crippen LogP contribution is 2.36. The highest BCUT2D eigenvalue weighted by atomic mass is 35.5. The lowest BCUT2D eigenvalue weighted by atomic mass is 9.98. The van der Waals surface area contributed by atoms with Crippen LogP contribution in [-0.4, -0.2) is 0 Å². The molecule has 0 unspecified atom stereocenters. The minimum atomic E-state index is 0.619. The van der Waals surface area contributed by atoms with Crippen LogP contribution in [0.25, 0.3) is 22.3 Å². The normalized spacial score (nSPS) is 9.87. The fraction of sp³-hybridized carbons (Fsp3) is 0. The Balaban J connectivity index is 2.07. The molecule has 0 aliphatic rings. The molecule has 0 fully saturated rings. The van der Waals surface area contributed by atoms with Crippen LogP contribution in [0.5, 0.6) is 0 Å². The highest BCUT2D eigenvalue weighted by Gasteiger charge is 2.10. The van der Waals surface area contributed by atoms with Crippen LogP contribution < -0.4 is 0 Å². The number of hydrogen-bond donors (Lipinski definition) is 0. The Bertz CT molecular complexity index is 852. The molecular weight excluding hydrogens is 304 g/mol. The van der Waals surface area contributed by atoms with Crippen molar-refractivity contribution in [2.75, 3.05) is 0 Å². The molecule has 2 nitrogen and oxygen atoms in total. The minimum Gasteiger partial charge on any atom is -0.192 e. The fourth-order valence-corrected chi connectivity index (χ4v) is 2.77. The third-order valence-electron chi connectivity index (χ3n) is 3.65. The summed E-state index contributed by atoms with van der Waals surface area (Å²) in [6.07, 6.45) is 0. The van der Waals surface area contributed by atoms with Gasteiger partial charge in [0.05, 0.1) is 28.3 Å². The molecular formula is C20H11ClN2. The zero-order chi connectivity index (χ0) is 16.2. The number of nitrogens with zero attached hydrogens (tertiary/aromatic N) is 2. The van der Waals surface area contributed by atoms with Crippen molar-refractivity contribution in [1.82, 2.24) is 0 Å². The van der Waals surface area contributed by atoms with Gasteiger partial charge in [0.2, 0.25) is 0 Å². The first-order valence-corrected chi connectivity index (χ1v) is 7.40. The fourth-order valence-electron chi connectivity index (χ4n) is 2.43. The van der Waals surface area contributed by atoms with Gasteiger partial charge in [0.25, 0.3) is 0 Å². The molecule has 0 saturated heterocycles. The van der Waals surface area contributed by atoms with Crippen molar-refractivity contribution < 1.29 is 0 Å². The lowest BCUT2D eigenvalue weighted by Crippen LogP contribution is -1.86. The quantitative estimate of drug-likeness (QED) is 0.634. The summed E-state index contributed by atoms with van der Waals surface area (Å²) < 4.78 is 0. The Morgan fingerprint density at radius 3 is 1.35 bits per heavy atom. The molecule has 0 saturated carbocycles. The maximum Gasteiger partial charge on any atom is 0.0991 e. The second-order valence-corrected chi connectivity index (χ2v) is 5.42. The van der Waals surface area contributed by atoms with Gasteiger partial charge >= 0.3 is 0 Å². The average Bonchev–Trinajstić information content (AvgIpc) is 2.62. The van der Waals surface area contributed by atoms with Crippen molar-refractivity contribution in [3.8, 4) is 34.4 Å². The van der Waals surface area contributed by atoms with Crippen LogP contribution >= 0.6 is 11.6 Å². The number of hydrogen-bond acceptors (Lipinski definition) is 2. The van der Waals surface area contributed by atoms with Gasteiger partial charge in [-0.1, -0.05) is 54.1 Å². The molecule has 0 aromatic heterocycles. The largest absolute Gasteiger partial charge is 0.192 e. The molecule has 0 atom stereocenters. The molecule has 0 aliphatic carbocycles. The first-order valence-electron chi connectivity index (χ1n) is 7.02. The van der Waals surface area contributed by atoms with Gasteiger partial charge < -0.3 is 0 Å². The van der Waals surface area contributed by atoms with E-state index >= 15 is 0 Å². The Labute approximate surface area is 139 Å². The van der Waals surface area contributed by atoms with Gasteiger partial charge in [-0.2, -0.15) is 10.5 Å². The third kappa shape index (κ3) is 2.94. The summed E-state index contributed by atoms with van der Waals surface area (Å²) in [7, 11) is 0. The van der Waals surface area contributed by atoms with Gasteiger partial charge in [-0.05, 0) is 35.4 Å². The molecule has 0 radical (unpaired) electrons. The smallest absolute Gasteiger partial charge is 0.0991 e. The molecule has 0 amide bonds. The van der Waals surface area contributed by atoms with Crippen molar-refractivity contribution in [1.29, 1.82) is 10.5 Å². The standard InChI is InChI=1S/C20H11ClN2/c21-20-18(16-8-4-14(12-22)5-9-16)2-1-3-19(20)17-10-6-15(13-23)7-11-17/h1-11H. The molecule has 3 aromatic carbocycles. The monoisotopic (exact) mass is 314 g/mol. The Morgan fingerprint density at radius 2 is 1.00 bits per heavy atom. The van der Waals surface area contributed by atoms with E-state index in [1.165, 1.54) is 0 Å². The Kier molecular flexibility index (Phi) is 4.11. The van der Waals surface area contributed by atoms with E-state index in [-0.39, 0.29) is 0 Å². The second kappa shape index (κ2) is 6.36. The summed E-state index contributed by atoms with van der Waals surface area (Å²) in [5.74, 6) is 0. The predicted molar refractivity (Wildman–Crippen MR) is 91.8 cm³/mol. The van der Waals surface area contributed by atoms with Crippen LogP contribution in [0.3, 0.4) is 0 Å². The molecule has 23 heavy (non-hydrogen) atoms. The van der Waals surface area contributed by atoms with E-state index in [4.69, 9.17) is 22.1 Å². The zero-order valence-electron chi connectivity index (χ0n) is 12.1. The summed E-state index contributed by atoms with van der Waals surface area (Å²) in [4.78, 5) is 0. The lowest BCUT2D eigenvalue weighted by molar-refractivity contribution is 1.48. The lowest BCUT2D eigenvalue weighted by Gasteiger charge is -2.10. The average molecular weight is 315 g/mol. The van der Waals surface area contributed by atoms with Gasteiger partial charge in [0.15, 0.2) is 0 Å². The maximum absolute atomic E-state index is 8.89. The van der Waals surface area contributed by atoms with Crippen LogP contribution in [0.4, 0.5) is 0 Å². The van der Waals surface area contributed by atoms with Crippen LogP contribution in [0, 0.1) is 22.7 Å². The molecule has 0 aliphatic heterocycles. The Hall–Kier alpha value is -3.07. The Morgan fingerprint density at radius 1 is 0.609 bits per heavy atom. The van der Waals surface area contributed by atoms with Crippen LogP contribution in [0.1, 0.15) is 11.1 Å². The molecule has 108 valence electrons. The van der Waals surface area contributed by atoms with E-state index in [9.17, 15) is 0 Å². The number of nitriles is 2. The minimum absolute atomic E-state index is 0.619. The SMILES string of the molecule is N#Cc1ccc(-c2cccc(-c3ccc(C#N)cc3)c2Cl)cc1. The number of benzene rings is 3. The van der Waals surface area contributed by atoms with E-state index in [0.29, 0.717) is 16.1 Å². The molecule has 0 bridgehead atoms. The summed E-state index contributed by atoms with van der Waals surface area (Å²) in [5.41, 5.74) is 4.99. The van der Waals surface area contributed by atoms with Gasteiger partial charge in [-0.25, -0.2) is 0 Å². The topological polar surface area (TPSA) is 47.6 Å². The zero-order valence-corrected chi connectivity index (χ0v) is 12.9. The first kappa shape index (κ1) is 14.9. The van der Waals surface area contributed by atoms with E-state index in [2.05, 4.69) is 12.1 Å². The van der Waals surface area contributed by atoms with Gasteiger partial charge in [0.1, 0.15) is 0 Å². The van der Waals surface area contributed by atoms with E-state index in [0.717, 1.165) is 22.3 Å². The molecule has 3 aromatic rings. The second-order valence-electron chi connectivity index (χ2n) is 5.05. The molecule has 0 N–H and O–H groups in total. The maximum atomic E-state index is 8.89. The van der Waals surface area contributed by atoms with Gasteiger partial charge in [-0.15, -0.1) is 0 Å². The van der Waals surface area contributed by atoms with E-state index < -0.39 is 0 Å². The highest BCUT2D eigenvalue weighted by molar-refractivity contribution is 6.36. The molecule has 0 spiro atoms. The molecule has 3 rings (SSSR count). The van der Waals surface area contributed by atoms with E-state index in [1.807, 2.05) is 42.5 Å². The van der Waals surface area contributed by atoms with Gasteiger partial charge in [0, 0.05) is 11.1 Å². The molecule has 3 heteroatoms. The van der Waals surface area contributed by atoms with Crippen molar-refractivity contribution in [3.63, 3.8) is 0 Å². The summed E-state index contributed by atoms with van der Waals surface area (Å²) in [6, 6.07) is 24.8. The first-order chi connectivity index (χ1) is 11.2. The van der Waals surface area contributed by atoms with Crippen molar-refractivity contribution >= 4 is 11.6 Å². The van der Waals surface area contributed by atoms with Crippen molar-refractivity contribution in [3.05, 3.63) is 82.9 Å². The number of halogens is 1. The van der Waals surface area contributed by atoms with Crippen molar-refractivity contribution in [2.45, 2.75) is 0 Å². The van der Waals surface area contributed by atoms with Crippen LogP contribution in [0.2, 0.25) is 5.02 Å². The van der Waals surface area contributed by atoms with E-state index in [1.54, 1.807) is 24.3 Å². The van der Waals surface area contributed by atoms with Crippen LogP contribution in [-0.2, 0) is 0 Å². The summed E-state index contributed by atoms with van der Waals surface area (Å²) in [6.45, 7) is 0. The molecule has 0 heterocycles. The number of rotatable bonds is 2. The predicted octanol–water partition coefficient (Wildman–Crippen LogP) is 5.42. The van der Waals surface area contributed by atoms with Crippen LogP contribution in [0.15, 0.2) is 66.7 Å². The summed E-state index contributed by atoms with van der Waals surface area (Å²) in [5, 5.41) is 18.4. The third-order valence-corrected chi connectivity index (χ3v) is 4.06.